The minimum atomic E-state index is -0.392. The lowest BCUT2D eigenvalue weighted by Crippen LogP contribution is -2.48. The molecule has 0 atom stereocenters. The van der Waals surface area contributed by atoms with Crippen LogP contribution in [0.15, 0.2) is 94.0 Å². The molecule has 6 rings (SSSR count). The van der Waals surface area contributed by atoms with Crippen LogP contribution in [0.4, 0.5) is 4.39 Å². The quantitative estimate of drug-likeness (QED) is 0.199. The van der Waals surface area contributed by atoms with E-state index in [4.69, 9.17) is 4.42 Å². The summed E-state index contributed by atoms with van der Waals surface area (Å²) in [6.07, 6.45) is 5.84. The molecule has 1 aliphatic heterocycles. The first-order valence-corrected chi connectivity index (χ1v) is 15.1. The molecule has 0 aliphatic carbocycles. The largest absolute Gasteiger partial charge is 0.461 e. The average molecular weight is 587 g/mol. The van der Waals surface area contributed by atoms with Gasteiger partial charge in [0, 0.05) is 38.1 Å². The van der Waals surface area contributed by atoms with Gasteiger partial charge in [0.2, 0.25) is 5.82 Å². The molecule has 0 N–H and O–H groups in total. The number of nitrogens with zero attached hydrogens (tertiary/aromatic N) is 6. The van der Waals surface area contributed by atoms with Gasteiger partial charge in [-0.05, 0) is 29.8 Å². The van der Waals surface area contributed by atoms with E-state index in [1.165, 1.54) is 34.7 Å². The first-order valence-electron chi connectivity index (χ1n) is 13.2. The summed E-state index contributed by atoms with van der Waals surface area (Å²) in [4.78, 5) is 22.0. The number of thiazole rings is 1. The number of hydrogen-bond donors (Lipinski definition) is 0. The van der Waals surface area contributed by atoms with Gasteiger partial charge in [0.25, 0.3) is 5.91 Å². The van der Waals surface area contributed by atoms with Gasteiger partial charge >= 0.3 is 0 Å². The summed E-state index contributed by atoms with van der Waals surface area (Å²) in [5.41, 5.74) is 1.97. The normalized spacial score (nSPS) is 14.2. The van der Waals surface area contributed by atoms with Gasteiger partial charge in [-0.1, -0.05) is 66.4 Å². The molecule has 1 fully saturated rings. The minimum Gasteiger partial charge on any atom is -0.461 e. The first kappa shape index (κ1) is 27.1. The Balaban J connectivity index is 1.07. The van der Waals surface area contributed by atoms with E-state index >= 15 is 0 Å². The number of carbonyl (C=O) groups excluding carboxylic acids is 1. The summed E-state index contributed by atoms with van der Waals surface area (Å²) < 4.78 is 21.9. The maximum absolute atomic E-state index is 14.8. The molecule has 0 saturated carbocycles. The van der Waals surface area contributed by atoms with Crippen molar-refractivity contribution in [1.29, 1.82) is 0 Å². The summed E-state index contributed by atoms with van der Waals surface area (Å²) in [5, 5.41) is 11.7. The Labute approximate surface area is 245 Å². The fourth-order valence-electron chi connectivity index (χ4n) is 4.58. The fraction of sp³-hybridized carbons (Fsp3) is 0.200. The van der Waals surface area contributed by atoms with Crippen molar-refractivity contribution in [3.8, 4) is 17.3 Å². The molecule has 41 heavy (non-hydrogen) atoms. The first-order chi connectivity index (χ1) is 20.2. The Hall–Kier alpha value is -4.06. The number of hydrogen-bond acceptors (Lipinski definition) is 8. The van der Waals surface area contributed by atoms with Crippen LogP contribution in [0.3, 0.4) is 0 Å². The van der Waals surface area contributed by atoms with Gasteiger partial charge < -0.3 is 9.32 Å². The Morgan fingerprint density at radius 1 is 1.00 bits per heavy atom. The zero-order chi connectivity index (χ0) is 28.0. The minimum absolute atomic E-state index is 0.0494. The molecule has 4 heterocycles. The average Bonchev–Trinajstić information content (AvgIpc) is 3.78. The highest BCUT2D eigenvalue weighted by Gasteiger charge is 2.24. The lowest BCUT2D eigenvalue weighted by molar-refractivity contribution is 0.0645. The number of rotatable bonds is 9. The van der Waals surface area contributed by atoms with Gasteiger partial charge in [-0.2, -0.15) is 0 Å². The molecule has 1 saturated heterocycles. The van der Waals surface area contributed by atoms with Crippen molar-refractivity contribution >= 4 is 35.1 Å². The molecule has 0 radical (unpaired) electrons. The Morgan fingerprint density at radius 2 is 1.80 bits per heavy atom. The lowest BCUT2D eigenvalue weighted by Gasteiger charge is -2.33. The molecule has 8 nitrogen and oxygen atoms in total. The molecule has 1 amide bonds. The Bertz CT molecular complexity index is 1630. The molecule has 0 unspecified atom stereocenters. The van der Waals surface area contributed by atoms with Gasteiger partial charge in [-0.3, -0.25) is 14.3 Å². The second-order valence-corrected chi connectivity index (χ2v) is 11.3. The second kappa shape index (κ2) is 12.6. The smallest absolute Gasteiger partial charge is 0.273 e. The van der Waals surface area contributed by atoms with Crippen LogP contribution >= 0.6 is 23.1 Å². The molecule has 0 spiro atoms. The van der Waals surface area contributed by atoms with Crippen LogP contribution in [-0.2, 0) is 5.75 Å². The Kier molecular flexibility index (Phi) is 8.36. The predicted molar refractivity (Wildman–Crippen MR) is 159 cm³/mol. The van der Waals surface area contributed by atoms with E-state index < -0.39 is 5.82 Å². The molecule has 208 valence electrons. The van der Waals surface area contributed by atoms with Crippen molar-refractivity contribution in [3.05, 3.63) is 107 Å². The van der Waals surface area contributed by atoms with E-state index in [0.717, 1.165) is 24.6 Å². The van der Waals surface area contributed by atoms with Crippen molar-refractivity contribution < 1.29 is 13.6 Å². The number of thioether (sulfide) groups is 1. The predicted octanol–water partition coefficient (Wildman–Crippen LogP) is 5.89. The third-order valence-electron chi connectivity index (χ3n) is 6.70. The fourth-order valence-corrected chi connectivity index (χ4v) is 6.31. The lowest BCUT2D eigenvalue weighted by atomic mass is 10.2. The molecule has 1 aliphatic rings. The number of carbonyl (C=O) groups is 1. The number of halogens is 1. The van der Waals surface area contributed by atoms with Crippen LogP contribution in [0.1, 0.15) is 21.1 Å². The van der Waals surface area contributed by atoms with Gasteiger partial charge in [-0.15, -0.1) is 21.5 Å². The van der Waals surface area contributed by atoms with E-state index in [2.05, 4.69) is 44.4 Å². The van der Waals surface area contributed by atoms with E-state index in [9.17, 15) is 9.18 Å². The van der Waals surface area contributed by atoms with Gasteiger partial charge in [0.1, 0.15) is 16.5 Å². The van der Waals surface area contributed by atoms with Gasteiger partial charge in [-0.25, -0.2) is 9.37 Å². The number of furan rings is 1. The monoisotopic (exact) mass is 586 g/mol. The molecule has 11 heteroatoms. The third kappa shape index (κ3) is 6.32. The Morgan fingerprint density at radius 3 is 2.59 bits per heavy atom. The van der Waals surface area contributed by atoms with E-state index in [0.29, 0.717) is 47.0 Å². The summed E-state index contributed by atoms with van der Waals surface area (Å²) in [5.74, 6) is 0.918. The molecule has 0 bridgehead atoms. The number of amides is 1. The molecular formula is C30H27FN6O2S2. The maximum Gasteiger partial charge on any atom is 0.273 e. The highest BCUT2D eigenvalue weighted by atomic mass is 32.2. The number of piperazine rings is 1. The SMILES string of the molecule is O=C(c1csc(CSc2nnc(-c3ccco3)n2-c2ccccc2F)n1)N1CCN(C/C=C/c2ccccc2)CC1. The van der Waals surface area contributed by atoms with Gasteiger partial charge in [0.15, 0.2) is 10.9 Å². The second-order valence-electron chi connectivity index (χ2n) is 9.39. The topological polar surface area (TPSA) is 80.3 Å². The van der Waals surface area contributed by atoms with Crippen LogP contribution in [0.25, 0.3) is 23.3 Å². The highest BCUT2D eigenvalue weighted by molar-refractivity contribution is 7.98. The third-order valence-corrected chi connectivity index (χ3v) is 8.67. The molecular weight excluding hydrogens is 560 g/mol. The van der Waals surface area contributed by atoms with Crippen LogP contribution < -0.4 is 0 Å². The van der Waals surface area contributed by atoms with Crippen LogP contribution in [-0.4, -0.2) is 68.2 Å². The molecule has 5 aromatic rings. The zero-order valence-corrected chi connectivity index (χ0v) is 23.7. The zero-order valence-electron chi connectivity index (χ0n) is 22.1. The summed E-state index contributed by atoms with van der Waals surface area (Å²) >= 11 is 2.81. The number of para-hydroxylation sites is 1. The van der Waals surface area contributed by atoms with Crippen molar-refractivity contribution in [3.63, 3.8) is 0 Å². The summed E-state index contributed by atoms with van der Waals surface area (Å²) in [6, 6.07) is 20.2. The number of aromatic nitrogens is 4. The summed E-state index contributed by atoms with van der Waals surface area (Å²) in [7, 11) is 0. The maximum atomic E-state index is 14.8. The van der Waals surface area contributed by atoms with Crippen molar-refractivity contribution in [1.82, 2.24) is 29.5 Å². The van der Waals surface area contributed by atoms with Gasteiger partial charge in [0.05, 0.1) is 17.7 Å². The molecule has 2 aromatic carbocycles. The van der Waals surface area contributed by atoms with Crippen LogP contribution in [0.2, 0.25) is 0 Å². The standard InChI is InChI=1S/C30H27FN6O2S2/c31-23-11-4-5-12-25(23)37-28(26-13-7-19-39-26)33-34-30(37)41-21-27-32-24(20-40-27)29(38)36-17-15-35(16-18-36)14-6-10-22-8-2-1-3-9-22/h1-13,19-20H,14-18,21H2/b10-6+. The van der Waals surface area contributed by atoms with Crippen molar-refractivity contribution in [2.24, 2.45) is 0 Å². The van der Waals surface area contributed by atoms with Crippen molar-refractivity contribution in [2.45, 2.75) is 10.9 Å². The van der Waals surface area contributed by atoms with Crippen LogP contribution in [0, 0.1) is 5.82 Å². The summed E-state index contributed by atoms with van der Waals surface area (Å²) in [6.45, 7) is 3.83. The van der Waals surface area contributed by atoms with Crippen molar-refractivity contribution in [2.75, 3.05) is 32.7 Å². The van der Waals surface area contributed by atoms with E-state index in [1.54, 1.807) is 41.2 Å². The van der Waals surface area contributed by atoms with Crippen LogP contribution in [0.5, 0.6) is 0 Å². The highest BCUT2D eigenvalue weighted by Crippen LogP contribution is 2.31. The number of benzene rings is 2. The van der Waals surface area contributed by atoms with E-state index in [1.807, 2.05) is 28.5 Å². The molecule has 3 aromatic heterocycles. The van der Waals surface area contributed by atoms with E-state index in [-0.39, 0.29) is 5.91 Å².